The summed E-state index contributed by atoms with van der Waals surface area (Å²) in [5, 5.41) is 6.42. The van der Waals surface area contributed by atoms with Crippen molar-refractivity contribution in [1.82, 2.24) is 14.8 Å². The highest BCUT2D eigenvalue weighted by Gasteiger charge is 2.21. The van der Waals surface area contributed by atoms with Crippen LogP contribution in [-0.2, 0) is 6.42 Å². The van der Waals surface area contributed by atoms with Crippen LogP contribution in [0.4, 0.5) is 0 Å². The fraction of sp³-hybridized carbons (Fsp3) is 0.143. The van der Waals surface area contributed by atoms with Gasteiger partial charge in [-0.15, -0.1) is 11.6 Å². The Kier molecular flexibility index (Phi) is 5.22. The van der Waals surface area contributed by atoms with Crippen LogP contribution in [0.5, 0.6) is 0 Å². The van der Waals surface area contributed by atoms with Crippen LogP contribution in [0.3, 0.4) is 0 Å². The van der Waals surface area contributed by atoms with E-state index in [-0.39, 0.29) is 0 Å². The van der Waals surface area contributed by atoms with Gasteiger partial charge in [-0.3, -0.25) is 0 Å². The maximum atomic E-state index is 6.85. The quantitative estimate of drug-likeness (QED) is 0.321. The number of aromatic nitrogens is 3. The molecule has 0 unspecified atom stereocenters. The summed E-state index contributed by atoms with van der Waals surface area (Å²) in [5.74, 6) is 0.494. The number of rotatable bonds is 4. The van der Waals surface area contributed by atoms with E-state index < -0.39 is 0 Å². The standard InChI is InChI=1S/C21H16BrCl2N3/c1-13-17(11-12-23)19(24)18-20(14-7-9-15(22)10-8-14)26-27(21(18)25-13)16-5-3-2-4-6-16/h2-10H,11-12H2,1H3. The first-order chi connectivity index (χ1) is 13.1. The maximum Gasteiger partial charge on any atom is 0.165 e. The van der Waals surface area contributed by atoms with E-state index in [0.29, 0.717) is 17.3 Å². The van der Waals surface area contributed by atoms with E-state index in [4.69, 9.17) is 33.3 Å². The fourth-order valence-electron chi connectivity index (χ4n) is 3.19. The van der Waals surface area contributed by atoms with Gasteiger partial charge in [0.1, 0.15) is 5.69 Å². The van der Waals surface area contributed by atoms with E-state index in [1.807, 2.05) is 66.2 Å². The minimum absolute atomic E-state index is 0.494. The molecule has 4 aromatic rings. The number of pyridine rings is 1. The molecule has 0 atom stereocenters. The number of halogens is 3. The first-order valence-corrected chi connectivity index (χ1v) is 10.3. The summed E-state index contributed by atoms with van der Waals surface area (Å²) < 4.78 is 2.87. The molecule has 4 rings (SSSR count). The SMILES string of the molecule is Cc1nc2c(c(-c3ccc(Br)cc3)nn2-c2ccccc2)c(Cl)c1CCCl. The maximum absolute atomic E-state index is 6.85. The lowest BCUT2D eigenvalue weighted by Gasteiger charge is -2.09. The van der Waals surface area contributed by atoms with Gasteiger partial charge in [-0.1, -0.05) is 57.9 Å². The van der Waals surface area contributed by atoms with Gasteiger partial charge in [0.25, 0.3) is 0 Å². The van der Waals surface area contributed by atoms with Gasteiger partial charge in [0.05, 0.1) is 16.1 Å². The summed E-state index contributed by atoms with van der Waals surface area (Å²) >= 11 is 16.3. The number of benzene rings is 2. The van der Waals surface area contributed by atoms with Crippen LogP contribution in [0.2, 0.25) is 5.02 Å². The van der Waals surface area contributed by atoms with Crippen LogP contribution in [0.25, 0.3) is 28.0 Å². The summed E-state index contributed by atoms with van der Waals surface area (Å²) in [5.41, 5.74) is 5.36. The van der Waals surface area contributed by atoms with Crippen molar-refractivity contribution in [3.8, 4) is 16.9 Å². The molecule has 0 fully saturated rings. The van der Waals surface area contributed by atoms with Gasteiger partial charge in [0, 0.05) is 21.6 Å². The topological polar surface area (TPSA) is 30.7 Å². The summed E-state index contributed by atoms with van der Waals surface area (Å²) in [7, 11) is 0. The van der Waals surface area contributed by atoms with Gasteiger partial charge in [-0.2, -0.15) is 5.10 Å². The Morgan fingerprint density at radius 2 is 1.74 bits per heavy atom. The zero-order chi connectivity index (χ0) is 19.0. The van der Waals surface area contributed by atoms with Gasteiger partial charge in [-0.25, -0.2) is 9.67 Å². The van der Waals surface area contributed by atoms with Gasteiger partial charge in [0.2, 0.25) is 0 Å². The molecule has 6 heteroatoms. The second kappa shape index (κ2) is 7.63. The minimum atomic E-state index is 0.494. The number of para-hydroxylation sites is 1. The third kappa shape index (κ3) is 3.38. The molecule has 0 N–H and O–H groups in total. The van der Waals surface area contributed by atoms with Crippen LogP contribution >= 0.6 is 39.1 Å². The largest absolute Gasteiger partial charge is 0.233 e. The first-order valence-electron chi connectivity index (χ1n) is 8.55. The highest BCUT2D eigenvalue weighted by Crippen LogP contribution is 2.37. The predicted octanol–water partition coefficient (Wildman–Crippen LogP) is 6.59. The highest BCUT2D eigenvalue weighted by molar-refractivity contribution is 9.10. The third-order valence-electron chi connectivity index (χ3n) is 4.52. The molecule has 136 valence electrons. The Labute approximate surface area is 176 Å². The van der Waals surface area contributed by atoms with Crippen molar-refractivity contribution < 1.29 is 0 Å². The van der Waals surface area contributed by atoms with Crippen LogP contribution in [0.1, 0.15) is 11.3 Å². The Morgan fingerprint density at radius 3 is 2.41 bits per heavy atom. The minimum Gasteiger partial charge on any atom is -0.233 e. The van der Waals surface area contributed by atoms with Crippen LogP contribution in [0, 0.1) is 6.92 Å². The zero-order valence-corrected chi connectivity index (χ0v) is 17.7. The second-order valence-electron chi connectivity index (χ2n) is 6.23. The first kappa shape index (κ1) is 18.5. The molecule has 0 aliphatic carbocycles. The molecule has 0 saturated heterocycles. The molecule has 2 aromatic heterocycles. The molecule has 0 aliphatic rings. The Bertz CT molecular complexity index is 1110. The third-order valence-corrected chi connectivity index (χ3v) is 5.65. The van der Waals surface area contributed by atoms with Crippen molar-refractivity contribution >= 4 is 50.2 Å². The predicted molar refractivity (Wildman–Crippen MR) is 116 cm³/mol. The Hall–Kier alpha value is -1.88. The fourth-order valence-corrected chi connectivity index (χ4v) is 4.05. The lowest BCUT2D eigenvalue weighted by molar-refractivity contribution is 0.895. The summed E-state index contributed by atoms with van der Waals surface area (Å²) in [6.45, 7) is 1.97. The number of aryl methyl sites for hydroxylation is 1. The van der Waals surface area contributed by atoms with E-state index in [1.165, 1.54) is 0 Å². The van der Waals surface area contributed by atoms with E-state index in [0.717, 1.165) is 43.7 Å². The Morgan fingerprint density at radius 1 is 1.04 bits per heavy atom. The molecule has 0 spiro atoms. The van der Waals surface area contributed by atoms with Crippen molar-refractivity contribution in [3.63, 3.8) is 0 Å². The molecular weight excluding hydrogens is 445 g/mol. The van der Waals surface area contributed by atoms with Crippen molar-refractivity contribution in [2.45, 2.75) is 13.3 Å². The van der Waals surface area contributed by atoms with Crippen molar-refractivity contribution in [2.24, 2.45) is 0 Å². The van der Waals surface area contributed by atoms with E-state index >= 15 is 0 Å². The molecule has 3 nitrogen and oxygen atoms in total. The number of hydrogen-bond acceptors (Lipinski definition) is 2. The average Bonchev–Trinajstić information content (AvgIpc) is 3.06. The average molecular weight is 461 g/mol. The number of fused-ring (bicyclic) bond motifs is 1. The smallest absolute Gasteiger partial charge is 0.165 e. The van der Waals surface area contributed by atoms with Crippen molar-refractivity contribution in [2.75, 3.05) is 5.88 Å². The lowest BCUT2D eigenvalue weighted by atomic mass is 10.1. The molecule has 0 aliphatic heterocycles. The highest BCUT2D eigenvalue weighted by atomic mass is 79.9. The number of hydrogen-bond donors (Lipinski definition) is 0. The molecule has 0 radical (unpaired) electrons. The zero-order valence-electron chi connectivity index (χ0n) is 14.6. The summed E-state index contributed by atoms with van der Waals surface area (Å²) in [6.07, 6.45) is 0.672. The van der Waals surface area contributed by atoms with Crippen molar-refractivity contribution in [3.05, 3.63) is 75.4 Å². The van der Waals surface area contributed by atoms with Gasteiger partial charge in [-0.05, 0) is 43.2 Å². The van der Waals surface area contributed by atoms with Crippen LogP contribution < -0.4 is 0 Å². The number of alkyl halides is 1. The van der Waals surface area contributed by atoms with E-state index in [1.54, 1.807) is 0 Å². The molecule has 0 amide bonds. The van der Waals surface area contributed by atoms with Crippen LogP contribution in [-0.4, -0.2) is 20.6 Å². The van der Waals surface area contributed by atoms with Gasteiger partial charge < -0.3 is 0 Å². The normalized spacial score (nSPS) is 11.3. The van der Waals surface area contributed by atoms with Gasteiger partial charge >= 0.3 is 0 Å². The molecule has 0 bridgehead atoms. The summed E-state index contributed by atoms with van der Waals surface area (Å²) in [6, 6.07) is 18.0. The second-order valence-corrected chi connectivity index (χ2v) is 7.90. The molecule has 2 heterocycles. The molecule has 0 saturated carbocycles. The van der Waals surface area contributed by atoms with Crippen molar-refractivity contribution in [1.29, 1.82) is 0 Å². The lowest BCUT2D eigenvalue weighted by Crippen LogP contribution is -2.01. The Balaban J connectivity index is 2.07. The summed E-state index contributed by atoms with van der Waals surface area (Å²) in [4.78, 5) is 4.84. The van der Waals surface area contributed by atoms with Crippen LogP contribution in [0.15, 0.2) is 59.1 Å². The molecule has 27 heavy (non-hydrogen) atoms. The monoisotopic (exact) mass is 459 g/mol. The van der Waals surface area contributed by atoms with E-state index in [2.05, 4.69) is 15.9 Å². The number of nitrogens with zero attached hydrogens (tertiary/aromatic N) is 3. The van der Waals surface area contributed by atoms with Gasteiger partial charge in [0.15, 0.2) is 5.65 Å². The molecular formula is C21H16BrCl2N3. The molecule has 2 aromatic carbocycles. The van der Waals surface area contributed by atoms with E-state index in [9.17, 15) is 0 Å².